The van der Waals surface area contributed by atoms with E-state index < -0.39 is 0 Å². The number of ether oxygens (including phenoxy) is 1. The molecule has 1 aliphatic carbocycles. The average molecular weight is 342 g/mol. The Labute approximate surface area is 127 Å². The van der Waals surface area contributed by atoms with Crippen LogP contribution in [0.25, 0.3) is 0 Å². The van der Waals surface area contributed by atoms with Crippen molar-refractivity contribution in [3.8, 4) is 0 Å². The van der Waals surface area contributed by atoms with Crippen molar-refractivity contribution in [2.75, 3.05) is 26.3 Å². The lowest BCUT2D eigenvalue weighted by atomic mass is 9.87. The molecular weight excluding hydrogens is 322 g/mol. The highest BCUT2D eigenvalue weighted by atomic mass is 79.9. The Balaban J connectivity index is 1.96. The Morgan fingerprint density at radius 2 is 2.00 bits per heavy atom. The van der Waals surface area contributed by atoms with Crippen LogP contribution >= 0.6 is 15.9 Å². The summed E-state index contributed by atoms with van der Waals surface area (Å²) >= 11 is 3.47. The molecule has 2 heterocycles. The topological polar surface area (TPSA) is 47.4 Å². The van der Waals surface area contributed by atoms with Gasteiger partial charge in [0.15, 0.2) is 0 Å². The number of aromatic nitrogens is 2. The molecule has 2 aliphatic rings. The normalized spacial score (nSPS) is 23.1. The van der Waals surface area contributed by atoms with Gasteiger partial charge in [0.05, 0.1) is 29.4 Å². The Bertz CT molecular complexity index is 483. The van der Waals surface area contributed by atoms with Gasteiger partial charge in [0, 0.05) is 20.1 Å². The fourth-order valence-electron chi connectivity index (χ4n) is 3.52. The van der Waals surface area contributed by atoms with Crippen LogP contribution in [-0.4, -0.2) is 52.3 Å². The van der Waals surface area contributed by atoms with Gasteiger partial charge in [0.2, 0.25) is 5.78 Å². The van der Waals surface area contributed by atoms with Crippen LogP contribution in [0.5, 0.6) is 0 Å². The van der Waals surface area contributed by atoms with E-state index in [0.29, 0.717) is 5.69 Å². The third kappa shape index (κ3) is 2.23. The van der Waals surface area contributed by atoms with E-state index in [1.165, 1.54) is 0 Å². The summed E-state index contributed by atoms with van der Waals surface area (Å²) in [4.78, 5) is 15.5. The van der Waals surface area contributed by atoms with Crippen molar-refractivity contribution in [3.63, 3.8) is 0 Å². The molecule has 110 valence electrons. The maximum Gasteiger partial charge on any atom is 0.202 e. The van der Waals surface area contributed by atoms with Crippen molar-refractivity contribution in [2.45, 2.75) is 31.2 Å². The minimum absolute atomic E-state index is 0.212. The molecule has 0 N–H and O–H groups in total. The molecule has 1 saturated heterocycles. The maximum atomic E-state index is 13.2. The molecule has 1 aromatic rings. The number of morpholine rings is 1. The summed E-state index contributed by atoms with van der Waals surface area (Å²) in [5.74, 6) is 0.212. The van der Waals surface area contributed by atoms with Crippen LogP contribution in [0.2, 0.25) is 0 Å². The van der Waals surface area contributed by atoms with E-state index in [9.17, 15) is 4.79 Å². The van der Waals surface area contributed by atoms with Gasteiger partial charge in [-0.15, -0.1) is 0 Å². The number of Topliss-reactive ketones (excluding diaryl/α,β-unsaturated/α-hetero) is 1. The highest BCUT2D eigenvalue weighted by molar-refractivity contribution is 9.10. The number of rotatable bonds is 3. The van der Waals surface area contributed by atoms with E-state index in [2.05, 4.69) is 25.9 Å². The predicted molar refractivity (Wildman–Crippen MR) is 78.8 cm³/mol. The molecule has 0 aromatic carbocycles. The summed E-state index contributed by atoms with van der Waals surface area (Å²) in [6.45, 7) is 3.14. The minimum Gasteiger partial charge on any atom is -0.379 e. The Hall–Kier alpha value is -0.720. The summed E-state index contributed by atoms with van der Waals surface area (Å²) in [6.07, 6.45) is 5.85. The molecule has 0 atom stereocenters. The molecule has 1 aromatic heterocycles. The summed E-state index contributed by atoms with van der Waals surface area (Å²) in [5.41, 5.74) is 0.346. The van der Waals surface area contributed by atoms with E-state index in [1.807, 2.05) is 7.05 Å². The lowest BCUT2D eigenvalue weighted by Gasteiger charge is -2.42. The van der Waals surface area contributed by atoms with Crippen molar-refractivity contribution in [2.24, 2.45) is 7.05 Å². The largest absolute Gasteiger partial charge is 0.379 e. The molecule has 0 radical (unpaired) electrons. The Kier molecular flexibility index (Phi) is 3.97. The quantitative estimate of drug-likeness (QED) is 0.789. The van der Waals surface area contributed by atoms with Crippen LogP contribution in [0.15, 0.2) is 10.7 Å². The van der Waals surface area contributed by atoms with E-state index >= 15 is 0 Å². The number of aryl methyl sites for hydroxylation is 1. The summed E-state index contributed by atoms with van der Waals surface area (Å²) < 4.78 is 7.93. The number of ketones is 1. The van der Waals surface area contributed by atoms with Crippen LogP contribution in [0.3, 0.4) is 0 Å². The van der Waals surface area contributed by atoms with Crippen LogP contribution < -0.4 is 0 Å². The lowest BCUT2D eigenvalue weighted by Crippen LogP contribution is -2.57. The van der Waals surface area contributed by atoms with E-state index in [4.69, 9.17) is 4.74 Å². The van der Waals surface area contributed by atoms with Gasteiger partial charge in [-0.25, -0.2) is 0 Å². The molecule has 0 spiro atoms. The zero-order valence-corrected chi connectivity index (χ0v) is 13.4. The van der Waals surface area contributed by atoms with Crippen molar-refractivity contribution < 1.29 is 9.53 Å². The molecule has 1 aliphatic heterocycles. The molecular formula is C14H20BrN3O2. The van der Waals surface area contributed by atoms with Gasteiger partial charge >= 0.3 is 0 Å². The van der Waals surface area contributed by atoms with Gasteiger partial charge in [0.1, 0.15) is 5.69 Å². The highest BCUT2D eigenvalue weighted by Gasteiger charge is 2.47. The summed E-state index contributed by atoms with van der Waals surface area (Å²) in [5, 5.41) is 4.19. The van der Waals surface area contributed by atoms with Gasteiger partial charge in [-0.3, -0.25) is 14.4 Å². The Morgan fingerprint density at radius 1 is 1.35 bits per heavy atom. The second kappa shape index (κ2) is 5.58. The zero-order valence-electron chi connectivity index (χ0n) is 11.8. The molecule has 0 unspecified atom stereocenters. The lowest BCUT2D eigenvalue weighted by molar-refractivity contribution is -0.0134. The highest BCUT2D eigenvalue weighted by Crippen LogP contribution is 2.39. The van der Waals surface area contributed by atoms with Crippen molar-refractivity contribution in [1.29, 1.82) is 0 Å². The fraction of sp³-hybridized carbons (Fsp3) is 0.714. The number of hydrogen-bond acceptors (Lipinski definition) is 4. The van der Waals surface area contributed by atoms with Crippen LogP contribution in [0.1, 0.15) is 36.2 Å². The smallest absolute Gasteiger partial charge is 0.202 e. The Morgan fingerprint density at radius 3 is 2.55 bits per heavy atom. The zero-order chi connectivity index (χ0) is 14.2. The van der Waals surface area contributed by atoms with Crippen molar-refractivity contribution in [3.05, 3.63) is 16.4 Å². The second-order valence-corrected chi connectivity index (χ2v) is 6.49. The number of carbonyl (C=O) groups excluding carboxylic acids is 1. The molecule has 0 bridgehead atoms. The van der Waals surface area contributed by atoms with Gasteiger partial charge in [-0.1, -0.05) is 12.8 Å². The third-order valence-corrected chi connectivity index (χ3v) is 5.16. The molecule has 2 fully saturated rings. The monoisotopic (exact) mass is 341 g/mol. The molecule has 0 amide bonds. The first-order valence-corrected chi connectivity index (χ1v) is 7.99. The van der Waals surface area contributed by atoms with E-state index in [1.54, 1.807) is 10.9 Å². The van der Waals surface area contributed by atoms with E-state index in [-0.39, 0.29) is 11.3 Å². The van der Waals surface area contributed by atoms with Gasteiger partial charge in [0.25, 0.3) is 0 Å². The molecule has 20 heavy (non-hydrogen) atoms. The van der Waals surface area contributed by atoms with Crippen LogP contribution in [-0.2, 0) is 11.8 Å². The van der Waals surface area contributed by atoms with Crippen LogP contribution in [0, 0.1) is 0 Å². The SMILES string of the molecule is Cn1ncc(Br)c1C(=O)C1(N2CCOCC2)CCCC1. The molecule has 5 nitrogen and oxygen atoms in total. The predicted octanol–water partition coefficient (Wildman–Crippen LogP) is 2.01. The van der Waals surface area contributed by atoms with E-state index in [0.717, 1.165) is 56.5 Å². The maximum absolute atomic E-state index is 13.2. The standard InChI is InChI=1S/C14H20BrN3O2/c1-17-12(11(15)10-16-17)13(19)14(4-2-3-5-14)18-6-8-20-9-7-18/h10H,2-9H2,1H3. The third-order valence-electron chi connectivity index (χ3n) is 4.58. The number of halogens is 1. The first-order chi connectivity index (χ1) is 9.65. The van der Waals surface area contributed by atoms with Crippen LogP contribution in [0.4, 0.5) is 0 Å². The molecule has 6 heteroatoms. The van der Waals surface area contributed by atoms with Crippen molar-refractivity contribution in [1.82, 2.24) is 14.7 Å². The van der Waals surface area contributed by atoms with Gasteiger partial charge in [-0.2, -0.15) is 5.10 Å². The number of carbonyl (C=O) groups is 1. The first-order valence-electron chi connectivity index (χ1n) is 7.20. The second-order valence-electron chi connectivity index (χ2n) is 5.63. The molecule has 3 rings (SSSR count). The minimum atomic E-state index is -0.347. The summed E-state index contributed by atoms with van der Waals surface area (Å²) in [6, 6.07) is 0. The van der Waals surface area contributed by atoms with Crippen molar-refractivity contribution >= 4 is 21.7 Å². The first kappa shape index (κ1) is 14.2. The number of nitrogens with zero attached hydrogens (tertiary/aromatic N) is 3. The number of hydrogen-bond donors (Lipinski definition) is 0. The van der Waals surface area contributed by atoms with Gasteiger partial charge in [-0.05, 0) is 28.8 Å². The fourth-order valence-corrected chi connectivity index (χ4v) is 4.05. The molecule has 1 saturated carbocycles. The van der Waals surface area contributed by atoms with Gasteiger partial charge < -0.3 is 4.74 Å². The summed E-state index contributed by atoms with van der Waals surface area (Å²) in [7, 11) is 1.83. The average Bonchev–Trinajstić information content (AvgIpc) is 3.08.